The Morgan fingerprint density at radius 2 is 2.18 bits per heavy atom. The van der Waals surface area contributed by atoms with Gasteiger partial charge in [-0.1, -0.05) is 19.9 Å². The van der Waals surface area contributed by atoms with Crippen molar-refractivity contribution in [1.29, 1.82) is 0 Å². The lowest BCUT2D eigenvalue weighted by Gasteiger charge is -2.14. The van der Waals surface area contributed by atoms with E-state index in [1.54, 1.807) is 12.1 Å². The molecule has 1 N–H and O–H groups in total. The number of aromatic hydroxyl groups is 1. The molecule has 1 aromatic rings. The maximum absolute atomic E-state index is 11.7. The second-order valence-electron chi connectivity index (χ2n) is 4.73. The largest absolute Gasteiger partial charge is 0.508 e. The van der Waals surface area contributed by atoms with E-state index < -0.39 is 0 Å². The van der Waals surface area contributed by atoms with E-state index in [0.29, 0.717) is 6.42 Å². The lowest BCUT2D eigenvalue weighted by Crippen LogP contribution is -2.22. The average molecular weight is 234 g/mol. The molecule has 3 nitrogen and oxygen atoms in total. The first-order valence-electron chi connectivity index (χ1n) is 6.11. The van der Waals surface area contributed by atoms with Crippen LogP contribution in [0, 0.1) is 5.92 Å². The zero-order valence-corrected chi connectivity index (χ0v) is 10.3. The van der Waals surface area contributed by atoms with Gasteiger partial charge in [0.15, 0.2) is 0 Å². The Labute approximate surface area is 101 Å². The monoisotopic (exact) mass is 234 g/mol. The number of rotatable bonds is 3. The highest BCUT2D eigenvalue weighted by molar-refractivity contribution is 5.72. The molecule has 0 saturated carbocycles. The lowest BCUT2D eigenvalue weighted by molar-refractivity contribution is -0.153. The van der Waals surface area contributed by atoms with Gasteiger partial charge < -0.3 is 9.84 Å². The Hall–Kier alpha value is -1.51. The van der Waals surface area contributed by atoms with Crippen LogP contribution < -0.4 is 0 Å². The Kier molecular flexibility index (Phi) is 3.36. The van der Waals surface area contributed by atoms with Gasteiger partial charge in [0, 0.05) is 12.8 Å². The van der Waals surface area contributed by atoms with Crippen LogP contribution in [0.4, 0.5) is 0 Å². The maximum atomic E-state index is 11.7. The fourth-order valence-electron chi connectivity index (χ4n) is 2.09. The van der Waals surface area contributed by atoms with Gasteiger partial charge in [0.25, 0.3) is 0 Å². The van der Waals surface area contributed by atoms with Gasteiger partial charge in [-0.2, -0.15) is 0 Å². The molecule has 2 rings (SSSR count). The van der Waals surface area contributed by atoms with Crippen molar-refractivity contribution in [2.24, 2.45) is 5.92 Å². The molecule has 1 aliphatic rings. The SMILES string of the molecule is CCC(C)C(=O)OC1Cc2ccc(O)cc2C1. The van der Waals surface area contributed by atoms with Crippen LogP contribution in [0.25, 0.3) is 0 Å². The normalized spacial score (nSPS) is 19.8. The molecule has 0 aromatic heterocycles. The predicted octanol–water partition coefficient (Wildman–Crippen LogP) is 2.45. The Balaban J connectivity index is 1.99. The molecule has 0 fully saturated rings. The topological polar surface area (TPSA) is 46.5 Å². The lowest BCUT2D eigenvalue weighted by atomic mass is 10.1. The van der Waals surface area contributed by atoms with Crippen LogP contribution in [0.2, 0.25) is 0 Å². The van der Waals surface area contributed by atoms with Crippen molar-refractivity contribution in [2.75, 3.05) is 0 Å². The summed E-state index contributed by atoms with van der Waals surface area (Å²) >= 11 is 0. The highest BCUT2D eigenvalue weighted by Crippen LogP contribution is 2.27. The number of phenolic OH excluding ortho intramolecular Hbond substituents is 1. The first-order valence-corrected chi connectivity index (χ1v) is 6.11. The summed E-state index contributed by atoms with van der Waals surface area (Å²) < 4.78 is 5.47. The van der Waals surface area contributed by atoms with Crippen molar-refractivity contribution >= 4 is 5.97 Å². The second-order valence-corrected chi connectivity index (χ2v) is 4.73. The summed E-state index contributed by atoms with van der Waals surface area (Å²) in [5, 5.41) is 9.38. The molecule has 2 unspecified atom stereocenters. The molecule has 2 atom stereocenters. The van der Waals surface area contributed by atoms with E-state index in [2.05, 4.69) is 0 Å². The number of carbonyl (C=O) groups is 1. The zero-order chi connectivity index (χ0) is 12.4. The van der Waals surface area contributed by atoms with Crippen molar-refractivity contribution in [1.82, 2.24) is 0 Å². The van der Waals surface area contributed by atoms with E-state index in [-0.39, 0.29) is 23.7 Å². The number of carbonyl (C=O) groups excluding carboxylic acids is 1. The Morgan fingerprint density at radius 3 is 2.88 bits per heavy atom. The van der Waals surface area contributed by atoms with Crippen molar-refractivity contribution < 1.29 is 14.6 Å². The molecule has 0 spiro atoms. The Morgan fingerprint density at radius 1 is 1.47 bits per heavy atom. The number of benzene rings is 1. The van der Waals surface area contributed by atoms with Gasteiger partial charge in [0.2, 0.25) is 0 Å². The molecule has 1 aliphatic carbocycles. The molecule has 0 radical (unpaired) electrons. The van der Waals surface area contributed by atoms with E-state index in [9.17, 15) is 9.90 Å². The zero-order valence-electron chi connectivity index (χ0n) is 10.3. The average Bonchev–Trinajstić information content (AvgIpc) is 2.69. The predicted molar refractivity (Wildman–Crippen MR) is 64.8 cm³/mol. The number of hydrogen-bond donors (Lipinski definition) is 1. The van der Waals surface area contributed by atoms with Crippen LogP contribution in [0.15, 0.2) is 18.2 Å². The summed E-state index contributed by atoms with van der Waals surface area (Å²) in [5.41, 5.74) is 2.26. The van der Waals surface area contributed by atoms with Crippen LogP contribution in [-0.4, -0.2) is 17.2 Å². The van der Waals surface area contributed by atoms with E-state index in [1.165, 1.54) is 5.56 Å². The third kappa shape index (κ3) is 2.60. The molecule has 17 heavy (non-hydrogen) atoms. The first kappa shape index (κ1) is 12.0. The number of hydrogen-bond acceptors (Lipinski definition) is 3. The van der Waals surface area contributed by atoms with Crippen LogP contribution in [0.3, 0.4) is 0 Å². The van der Waals surface area contributed by atoms with Crippen LogP contribution in [-0.2, 0) is 22.4 Å². The van der Waals surface area contributed by atoms with Gasteiger partial charge in [-0.15, -0.1) is 0 Å². The van der Waals surface area contributed by atoms with Crippen molar-refractivity contribution in [3.8, 4) is 5.75 Å². The summed E-state index contributed by atoms with van der Waals surface area (Å²) in [6, 6.07) is 5.34. The van der Waals surface area contributed by atoms with Crippen molar-refractivity contribution in [3.63, 3.8) is 0 Å². The third-order valence-electron chi connectivity index (χ3n) is 3.38. The second kappa shape index (κ2) is 4.78. The van der Waals surface area contributed by atoms with Gasteiger partial charge in [0.1, 0.15) is 11.9 Å². The van der Waals surface area contributed by atoms with E-state index >= 15 is 0 Å². The van der Waals surface area contributed by atoms with E-state index in [4.69, 9.17) is 4.74 Å². The summed E-state index contributed by atoms with van der Waals surface area (Å²) in [4.78, 5) is 11.7. The summed E-state index contributed by atoms with van der Waals surface area (Å²) in [5.74, 6) is 0.124. The van der Waals surface area contributed by atoms with Gasteiger partial charge >= 0.3 is 5.97 Å². The highest BCUT2D eigenvalue weighted by atomic mass is 16.5. The van der Waals surface area contributed by atoms with Crippen molar-refractivity contribution in [3.05, 3.63) is 29.3 Å². The standard InChI is InChI=1S/C14H18O3/c1-3-9(2)14(16)17-13-7-10-4-5-12(15)6-11(10)8-13/h4-6,9,13,15H,3,7-8H2,1-2H3. The van der Waals surface area contributed by atoms with Gasteiger partial charge in [0.05, 0.1) is 5.92 Å². The van der Waals surface area contributed by atoms with E-state index in [1.807, 2.05) is 19.9 Å². The molecule has 0 saturated heterocycles. The van der Waals surface area contributed by atoms with Gasteiger partial charge in [-0.25, -0.2) is 0 Å². The van der Waals surface area contributed by atoms with Crippen LogP contribution in [0.5, 0.6) is 5.75 Å². The number of esters is 1. The van der Waals surface area contributed by atoms with Gasteiger partial charge in [-0.3, -0.25) is 4.79 Å². The quantitative estimate of drug-likeness (QED) is 0.817. The smallest absolute Gasteiger partial charge is 0.308 e. The van der Waals surface area contributed by atoms with Gasteiger partial charge in [-0.05, 0) is 29.7 Å². The molecule has 0 amide bonds. The minimum absolute atomic E-state index is 0.0351. The fourth-order valence-corrected chi connectivity index (χ4v) is 2.09. The molecule has 0 heterocycles. The molecule has 92 valence electrons. The molecule has 3 heteroatoms. The molecular formula is C14H18O3. The number of ether oxygens (including phenoxy) is 1. The highest BCUT2D eigenvalue weighted by Gasteiger charge is 2.26. The summed E-state index contributed by atoms with van der Waals surface area (Å²) in [7, 11) is 0. The van der Waals surface area contributed by atoms with Crippen LogP contribution >= 0.6 is 0 Å². The molecule has 1 aromatic carbocycles. The number of phenols is 1. The minimum atomic E-state index is -0.116. The summed E-state index contributed by atoms with van der Waals surface area (Å²) in [6.45, 7) is 3.86. The van der Waals surface area contributed by atoms with Crippen LogP contribution in [0.1, 0.15) is 31.4 Å². The third-order valence-corrected chi connectivity index (χ3v) is 3.38. The summed E-state index contributed by atoms with van der Waals surface area (Å²) in [6.07, 6.45) is 2.22. The minimum Gasteiger partial charge on any atom is -0.508 e. The maximum Gasteiger partial charge on any atom is 0.308 e. The molecular weight excluding hydrogens is 216 g/mol. The number of fused-ring (bicyclic) bond motifs is 1. The van der Waals surface area contributed by atoms with Crippen molar-refractivity contribution in [2.45, 2.75) is 39.2 Å². The molecule has 0 bridgehead atoms. The molecule has 0 aliphatic heterocycles. The fraction of sp³-hybridized carbons (Fsp3) is 0.500. The Bertz CT molecular complexity index is 425. The van der Waals surface area contributed by atoms with E-state index in [0.717, 1.165) is 18.4 Å². The first-order chi connectivity index (χ1) is 8.10.